The zero-order valence-corrected chi connectivity index (χ0v) is 10.7. The van der Waals surface area contributed by atoms with Crippen molar-refractivity contribution in [3.8, 4) is 5.75 Å². The van der Waals surface area contributed by atoms with Crippen molar-refractivity contribution in [2.45, 2.75) is 26.4 Å². The van der Waals surface area contributed by atoms with Crippen LogP contribution in [0.5, 0.6) is 5.75 Å². The summed E-state index contributed by atoms with van der Waals surface area (Å²) in [7, 11) is 0. The molecule has 0 bridgehead atoms. The number of pyridine rings is 1. The van der Waals surface area contributed by atoms with Crippen LogP contribution in [0, 0.1) is 6.92 Å². The van der Waals surface area contributed by atoms with Crippen LogP contribution in [-0.2, 0) is 6.54 Å². The maximum absolute atomic E-state index is 9.24. The molecule has 2 aromatic rings. The summed E-state index contributed by atoms with van der Waals surface area (Å²) in [5.41, 5.74) is 3.37. The van der Waals surface area contributed by atoms with Crippen molar-refractivity contribution in [3.63, 3.8) is 0 Å². The zero-order chi connectivity index (χ0) is 13.0. The predicted molar refractivity (Wildman–Crippen MR) is 72.3 cm³/mol. The van der Waals surface area contributed by atoms with E-state index in [-0.39, 0.29) is 6.04 Å². The van der Waals surface area contributed by atoms with Gasteiger partial charge in [-0.25, -0.2) is 0 Å². The highest BCUT2D eigenvalue weighted by Crippen LogP contribution is 2.16. The number of nitrogens with one attached hydrogen (secondary N) is 1. The third kappa shape index (κ3) is 3.31. The summed E-state index contributed by atoms with van der Waals surface area (Å²) in [6.07, 6.45) is 1.89. The Hall–Kier alpha value is -1.87. The van der Waals surface area contributed by atoms with E-state index in [1.54, 1.807) is 12.1 Å². The average molecular weight is 242 g/mol. The lowest BCUT2D eigenvalue weighted by molar-refractivity contribution is 0.474. The molecular weight excluding hydrogens is 224 g/mol. The van der Waals surface area contributed by atoms with Crippen LogP contribution in [0.2, 0.25) is 0 Å². The van der Waals surface area contributed by atoms with Gasteiger partial charge in [0.15, 0.2) is 0 Å². The van der Waals surface area contributed by atoms with Crippen LogP contribution < -0.4 is 5.32 Å². The van der Waals surface area contributed by atoms with E-state index in [0.717, 1.165) is 17.8 Å². The number of rotatable bonds is 4. The minimum absolute atomic E-state index is 0.243. The molecule has 0 fully saturated rings. The molecule has 1 atom stereocenters. The van der Waals surface area contributed by atoms with Crippen molar-refractivity contribution in [2.24, 2.45) is 0 Å². The van der Waals surface area contributed by atoms with E-state index < -0.39 is 0 Å². The molecule has 0 radical (unpaired) electrons. The predicted octanol–water partition coefficient (Wildman–Crippen LogP) is 2.95. The maximum atomic E-state index is 9.24. The quantitative estimate of drug-likeness (QED) is 0.866. The van der Waals surface area contributed by atoms with Gasteiger partial charge in [0.05, 0.1) is 0 Å². The Kier molecular flexibility index (Phi) is 3.95. The van der Waals surface area contributed by atoms with E-state index in [9.17, 15) is 5.11 Å². The second-order valence-electron chi connectivity index (χ2n) is 4.50. The first-order chi connectivity index (χ1) is 8.65. The van der Waals surface area contributed by atoms with Gasteiger partial charge < -0.3 is 10.4 Å². The van der Waals surface area contributed by atoms with E-state index in [1.165, 1.54) is 5.56 Å². The Morgan fingerprint density at radius 2 is 1.89 bits per heavy atom. The highest BCUT2D eigenvalue weighted by molar-refractivity contribution is 5.27. The number of nitrogens with zero attached hydrogens (tertiary/aromatic N) is 1. The minimum Gasteiger partial charge on any atom is -0.508 e. The van der Waals surface area contributed by atoms with Gasteiger partial charge in [-0.2, -0.15) is 0 Å². The molecule has 3 nitrogen and oxygen atoms in total. The van der Waals surface area contributed by atoms with Gasteiger partial charge in [0.2, 0.25) is 0 Å². The Morgan fingerprint density at radius 3 is 2.50 bits per heavy atom. The van der Waals surface area contributed by atoms with Gasteiger partial charge in [-0.05, 0) is 43.2 Å². The number of aromatic nitrogens is 1. The molecule has 2 rings (SSSR count). The van der Waals surface area contributed by atoms with E-state index in [1.807, 2.05) is 31.3 Å². The second kappa shape index (κ2) is 5.65. The minimum atomic E-state index is 0.243. The van der Waals surface area contributed by atoms with Crippen LogP contribution in [0.1, 0.15) is 29.8 Å². The second-order valence-corrected chi connectivity index (χ2v) is 4.50. The monoisotopic (exact) mass is 242 g/mol. The smallest absolute Gasteiger partial charge is 0.115 e. The molecule has 0 aliphatic heterocycles. The van der Waals surface area contributed by atoms with Gasteiger partial charge >= 0.3 is 0 Å². The molecule has 18 heavy (non-hydrogen) atoms. The molecule has 94 valence electrons. The molecule has 0 saturated carbocycles. The summed E-state index contributed by atoms with van der Waals surface area (Å²) in [5.74, 6) is 0.300. The Morgan fingerprint density at radius 1 is 1.17 bits per heavy atom. The first-order valence-electron chi connectivity index (χ1n) is 6.09. The standard InChI is InChI=1S/C15H18N2O/c1-11-3-4-13(9-16-11)10-17-12(2)14-5-7-15(18)8-6-14/h3-9,12,17-18H,10H2,1-2H3. The highest BCUT2D eigenvalue weighted by Gasteiger charge is 2.04. The number of phenols is 1. The fraction of sp³-hybridized carbons (Fsp3) is 0.267. The van der Waals surface area contributed by atoms with Crippen LogP contribution in [0.25, 0.3) is 0 Å². The van der Waals surface area contributed by atoms with E-state index in [4.69, 9.17) is 0 Å². The molecule has 3 heteroatoms. The summed E-state index contributed by atoms with van der Waals surface area (Å²) in [5, 5.41) is 12.7. The number of aromatic hydroxyl groups is 1. The van der Waals surface area contributed by atoms with Gasteiger partial charge in [-0.1, -0.05) is 18.2 Å². The Bertz CT molecular complexity index is 491. The van der Waals surface area contributed by atoms with Crippen molar-refractivity contribution < 1.29 is 5.11 Å². The molecule has 0 saturated heterocycles. The zero-order valence-electron chi connectivity index (χ0n) is 10.7. The number of hydrogen-bond acceptors (Lipinski definition) is 3. The van der Waals surface area contributed by atoms with Gasteiger partial charge in [-0.3, -0.25) is 4.98 Å². The molecule has 0 amide bonds. The van der Waals surface area contributed by atoms with Crippen molar-refractivity contribution in [2.75, 3.05) is 0 Å². The normalized spacial score (nSPS) is 12.3. The van der Waals surface area contributed by atoms with E-state index >= 15 is 0 Å². The first kappa shape index (κ1) is 12.6. The molecule has 1 aromatic heterocycles. The van der Waals surface area contributed by atoms with Crippen LogP contribution >= 0.6 is 0 Å². The summed E-state index contributed by atoms with van der Waals surface area (Å²) in [6, 6.07) is 11.6. The number of aryl methyl sites for hydroxylation is 1. The van der Waals surface area contributed by atoms with Crippen LogP contribution in [0.15, 0.2) is 42.6 Å². The number of benzene rings is 1. The fourth-order valence-corrected chi connectivity index (χ4v) is 1.75. The molecule has 0 aliphatic carbocycles. The number of hydrogen-bond donors (Lipinski definition) is 2. The van der Waals surface area contributed by atoms with Gasteiger partial charge in [0.1, 0.15) is 5.75 Å². The summed E-state index contributed by atoms with van der Waals surface area (Å²) in [4.78, 5) is 4.27. The Labute approximate surface area is 108 Å². The van der Waals surface area contributed by atoms with Crippen molar-refractivity contribution in [1.82, 2.24) is 10.3 Å². The van der Waals surface area contributed by atoms with Crippen LogP contribution in [0.4, 0.5) is 0 Å². The lowest BCUT2D eigenvalue weighted by Crippen LogP contribution is -2.18. The van der Waals surface area contributed by atoms with Crippen LogP contribution in [-0.4, -0.2) is 10.1 Å². The van der Waals surface area contributed by atoms with E-state index in [2.05, 4.69) is 23.3 Å². The molecule has 2 N–H and O–H groups in total. The molecular formula is C15H18N2O. The van der Waals surface area contributed by atoms with Crippen molar-refractivity contribution in [1.29, 1.82) is 0 Å². The number of phenolic OH excluding ortho intramolecular Hbond substituents is 1. The van der Waals surface area contributed by atoms with Gasteiger partial charge in [0.25, 0.3) is 0 Å². The molecule has 1 aromatic carbocycles. The third-order valence-corrected chi connectivity index (χ3v) is 2.98. The molecule has 0 aliphatic rings. The maximum Gasteiger partial charge on any atom is 0.115 e. The third-order valence-electron chi connectivity index (χ3n) is 2.98. The van der Waals surface area contributed by atoms with Gasteiger partial charge in [-0.15, -0.1) is 0 Å². The van der Waals surface area contributed by atoms with Crippen LogP contribution in [0.3, 0.4) is 0 Å². The summed E-state index contributed by atoms with van der Waals surface area (Å²) < 4.78 is 0. The SMILES string of the molecule is Cc1ccc(CNC(C)c2ccc(O)cc2)cn1. The molecule has 0 spiro atoms. The van der Waals surface area contributed by atoms with E-state index in [0.29, 0.717) is 5.75 Å². The lowest BCUT2D eigenvalue weighted by atomic mass is 10.1. The Balaban J connectivity index is 1.93. The van der Waals surface area contributed by atoms with Crippen molar-refractivity contribution in [3.05, 3.63) is 59.4 Å². The topological polar surface area (TPSA) is 45.1 Å². The fourth-order valence-electron chi connectivity index (χ4n) is 1.75. The average Bonchev–Trinajstić information content (AvgIpc) is 2.38. The van der Waals surface area contributed by atoms with Gasteiger partial charge in [0, 0.05) is 24.5 Å². The summed E-state index contributed by atoms with van der Waals surface area (Å²) in [6.45, 7) is 4.87. The largest absolute Gasteiger partial charge is 0.508 e. The molecule has 1 unspecified atom stereocenters. The highest BCUT2D eigenvalue weighted by atomic mass is 16.3. The summed E-state index contributed by atoms with van der Waals surface area (Å²) >= 11 is 0. The molecule has 1 heterocycles. The lowest BCUT2D eigenvalue weighted by Gasteiger charge is -2.14. The van der Waals surface area contributed by atoms with Crippen molar-refractivity contribution >= 4 is 0 Å². The first-order valence-corrected chi connectivity index (χ1v) is 6.09.